The number of hydrogen-bond acceptors (Lipinski definition) is 4. The van der Waals surface area contributed by atoms with Crippen LogP contribution in [0.3, 0.4) is 0 Å². The van der Waals surface area contributed by atoms with Crippen LogP contribution >= 0.6 is 0 Å². The Morgan fingerprint density at radius 3 is 2.75 bits per heavy atom. The monoisotopic (exact) mass is 336 g/mol. The zero-order valence-corrected chi connectivity index (χ0v) is 13.3. The van der Waals surface area contributed by atoms with Crippen LogP contribution in [0.5, 0.6) is 0 Å². The van der Waals surface area contributed by atoms with Gasteiger partial charge in [-0.25, -0.2) is 4.39 Å². The molecule has 2 fully saturated rings. The van der Waals surface area contributed by atoms with Crippen LogP contribution in [0.15, 0.2) is 24.3 Å². The fraction of sp³-hybridized carbons (Fsp3) is 0.529. The second kappa shape index (κ2) is 7.27. The molecule has 2 N–H and O–H groups in total. The third-order valence-electron chi connectivity index (χ3n) is 4.31. The zero-order valence-electron chi connectivity index (χ0n) is 13.3. The van der Waals surface area contributed by atoms with E-state index in [2.05, 4.69) is 10.6 Å². The molecule has 6 nitrogen and oxygen atoms in total. The molecule has 1 aromatic carbocycles. The van der Waals surface area contributed by atoms with Crippen molar-refractivity contribution in [1.82, 2.24) is 5.32 Å². The van der Waals surface area contributed by atoms with Gasteiger partial charge < -0.3 is 20.1 Å². The summed E-state index contributed by atoms with van der Waals surface area (Å²) in [6.07, 6.45) is 4.84. The Bertz CT molecular complexity index is 616. The van der Waals surface area contributed by atoms with E-state index in [9.17, 15) is 14.0 Å². The first-order chi connectivity index (χ1) is 11.6. The van der Waals surface area contributed by atoms with Gasteiger partial charge in [-0.1, -0.05) is 12.5 Å². The number of anilines is 1. The first kappa shape index (κ1) is 16.9. The molecule has 7 heteroatoms. The van der Waals surface area contributed by atoms with Crippen LogP contribution in [0.4, 0.5) is 10.1 Å². The van der Waals surface area contributed by atoms with Gasteiger partial charge in [0.15, 0.2) is 5.79 Å². The number of benzene rings is 1. The number of amides is 2. The summed E-state index contributed by atoms with van der Waals surface area (Å²) in [4.78, 5) is 23.6. The van der Waals surface area contributed by atoms with Crippen molar-refractivity contribution >= 4 is 17.5 Å². The molecule has 1 saturated heterocycles. The van der Waals surface area contributed by atoms with Crippen molar-refractivity contribution in [2.45, 2.75) is 44.0 Å². The van der Waals surface area contributed by atoms with E-state index in [1.165, 1.54) is 24.6 Å². The van der Waals surface area contributed by atoms with Crippen LogP contribution in [0.25, 0.3) is 0 Å². The lowest BCUT2D eigenvalue weighted by molar-refractivity contribution is -0.186. The van der Waals surface area contributed by atoms with E-state index in [4.69, 9.17) is 9.47 Å². The lowest BCUT2D eigenvalue weighted by Crippen LogP contribution is -2.41. The van der Waals surface area contributed by atoms with Crippen molar-refractivity contribution < 1.29 is 23.5 Å². The SMILES string of the molecule is O=C(NC[C@H]1COC2(CCCCC2)O1)C(=O)Nc1cccc(F)c1. The lowest BCUT2D eigenvalue weighted by Gasteiger charge is -2.31. The molecule has 0 bridgehead atoms. The smallest absolute Gasteiger partial charge is 0.313 e. The molecular formula is C17H21FN2O4. The van der Waals surface area contributed by atoms with E-state index in [-0.39, 0.29) is 18.3 Å². The minimum Gasteiger partial charge on any atom is -0.347 e. The number of carbonyl (C=O) groups excluding carboxylic acids is 2. The number of carbonyl (C=O) groups is 2. The Hall–Kier alpha value is -1.99. The molecule has 1 saturated carbocycles. The molecule has 1 aromatic rings. The standard InChI is InChI=1S/C17H21FN2O4/c18-12-5-4-6-13(9-12)20-16(22)15(21)19-10-14-11-23-17(24-14)7-2-1-3-8-17/h4-6,9,14H,1-3,7-8,10-11H2,(H,19,21)(H,20,22)/t14-/m0/s1. The topological polar surface area (TPSA) is 76.7 Å². The van der Waals surface area contributed by atoms with Crippen LogP contribution in [0.2, 0.25) is 0 Å². The van der Waals surface area contributed by atoms with Crippen molar-refractivity contribution in [2.75, 3.05) is 18.5 Å². The Balaban J connectivity index is 1.44. The van der Waals surface area contributed by atoms with E-state index < -0.39 is 23.4 Å². The third-order valence-corrected chi connectivity index (χ3v) is 4.31. The van der Waals surface area contributed by atoms with Crippen LogP contribution in [0.1, 0.15) is 32.1 Å². The molecule has 0 aromatic heterocycles. The summed E-state index contributed by atoms with van der Waals surface area (Å²) in [5, 5.41) is 4.88. The fourth-order valence-corrected chi connectivity index (χ4v) is 3.11. The summed E-state index contributed by atoms with van der Waals surface area (Å²) >= 11 is 0. The summed E-state index contributed by atoms with van der Waals surface area (Å²) in [6.45, 7) is 0.614. The average molecular weight is 336 g/mol. The van der Waals surface area contributed by atoms with Crippen LogP contribution < -0.4 is 10.6 Å². The molecule has 3 rings (SSSR count). The predicted octanol–water partition coefficient (Wildman–Crippen LogP) is 1.96. The van der Waals surface area contributed by atoms with Gasteiger partial charge >= 0.3 is 11.8 Å². The summed E-state index contributed by atoms with van der Waals surface area (Å²) in [7, 11) is 0. The molecule has 1 aliphatic carbocycles. The van der Waals surface area contributed by atoms with Gasteiger partial charge in [-0.3, -0.25) is 9.59 Å². The maximum Gasteiger partial charge on any atom is 0.313 e. The highest BCUT2D eigenvalue weighted by atomic mass is 19.1. The predicted molar refractivity (Wildman–Crippen MR) is 84.7 cm³/mol. The van der Waals surface area contributed by atoms with Crippen LogP contribution in [-0.2, 0) is 19.1 Å². The quantitative estimate of drug-likeness (QED) is 0.827. The maximum absolute atomic E-state index is 13.1. The second-order valence-corrected chi connectivity index (χ2v) is 6.20. The van der Waals surface area contributed by atoms with Gasteiger partial charge in [-0.05, 0) is 31.0 Å². The molecule has 2 aliphatic rings. The van der Waals surface area contributed by atoms with E-state index in [0.29, 0.717) is 6.61 Å². The highest BCUT2D eigenvalue weighted by Crippen LogP contribution is 2.37. The summed E-state index contributed by atoms with van der Waals surface area (Å²) < 4.78 is 24.8. The number of hydrogen-bond donors (Lipinski definition) is 2. The van der Waals surface area contributed by atoms with Crippen molar-refractivity contribution in [3.05, 3.63) is 30.1 Å². The Morgan fingerprint density at radius 1 is 1.21 bits per heavy atom. The van der Waals surface area contributed by atoms with Crippen molar-refractivity contribution in [3.8, 4) is 0 Å². The van der Waals surface area contributed by atoms with E-state index in [0.717, 1.165) is 31.7 Å². The van der Waals surface area contributed by atoms with Gasteiger partial charge in [-0.15, -0.1) is 0 Å². The molecular weight excluding hydrogens is 315 g/mol. The van der Waals surface area contributed by atoms with Gasteiger partial charge in [0, 0.05) is 25.1 Å². The number of nitrogens with one attached hydrogen (secondary N) is 2. The molecule has 130 valence electrons. The largest absolute Gasteiger partial charge is 0.347 e. The molecule has 1 aliphatic heterocycles. The lowest BCUT2D eigenvalue weighted by atomic mass is 9.94. The van der Waals surface area contributed by atoms with Crippen LogP contribution in [0, 0.1) is 5.82 Å². The maximum atomic E-state index is 13.1. The summed E-state index contributed by atoms with van der Waals surface area (Å²) in [5.74, 6) is -2.61. The van der Waals surface area contributed by atoms with Gasteiger partial charge in [0.1, 0.15) is 11.9 Å². The Labute approximate surface area is 139 Å². The minimum atomic E-state index is -0.841. The molecule has 1 spiro atoms. The minimum absolute atomic E-state index is 0.206. The zero-order chi connectivity index (χ0) is 17.0. The van der Waals surface area contributed by atoms with E-state index in [1.54, 1.807) is 0 Å². The molecule has 24 heavy (non-hydrogen) atoms. The number of halogens is 1. The normalized spacial score (nSPS) is 22.3. The second-order valence-electron chi connectivity index (χ2n) is 6.20. The van der Waals surface area contributed by atoms with E-state index in [1.807, 2.05) is 0 Å². The van der Waals surface area contributed by atoms with Crippen molar-refractivity contribution in [2.24, 2.45) is 0 Å². The Morgan fingerprint density at radius 2 is 2.00 bits per heavy atom. The fourth-order valence-electron chi connectivity index (χ4n) is 3.11. The number of rotatable bonds is 3. The summed E-state index contributed by atoms with van der Waals surface area (Å²) in [5.41, 5.74) is 0.233. The molecule has 1 heterocycles. The van der Waals surface area contributed by atoms with E-state index >= 15 is 0 Å². The van der Waals surface area contributed by atoms with Gasteiger partial charge in [0.2, 0.25) is 0 Å². The summed E-state index contributed by atoms with van der Waals surface area (Å²) in [6, 6.07) is 5.37. The van der Waals surface area contributed by atoms with Crippen molar-refractivity contribution in [3.63, 3.8) is 0 Å². The Kier molecular flexibility index (Phi) is 5.11. The first-order valence-electron chi connectivity index (χ1n) is 8.23. The van der Waals surface area contributed by atoms with Gasteiger partial charge in [0.05, 0.1) is 6.61 Å². The average Bonchev–Trinajstić information content (AvgIpc) is 2.96. The molecule has 1 atom stereocenters. The highest BCUT2D eigenvalue weighted by Gasteiger charge is 2.42. The highest BCUT2D eigenvalue weighted by molar-refractivity contribution is 6.39. The molecule has 2 amide bonds. The van der Waals surface area contributed by atoms with Crippen molar-refractivity contribution in [1.29, 1.82) is 0 Å². The van der Waals surface area contributed by atoms with Crippen LogP contribution in [-0.4, -0.2) is 36.9 Å². The first-order valence-corrected chi connectivity index (χ1v) is 8.23. The van der Waals surface area contributed by atoms with Gasteiger partial charge in [-0.2, -0.15) is 0 Å². The molecule has 0 unspecified atom stereocenters. The number of ether oxygens (including phenoxy) is 2. The third kappa shape index (κ3) is 4.10. The molecule has 0 radical (unpaired) electrons. The van der Waals surface area contributed by atoms with Gasteiger partial charge in [0.25, 0.3) is 0 Å².